The average Bonchev–Trinajstić information content (AvgIpc) is 2.15. The normalized spacial score (nSPS) is 15.4. The molecule has 0 aliphatic rings. The predicted octanol–water partition coefficient (Wildman–Crippen LogP) is 4.53. The minimum Gasteiger partial charge on any atom is -0.207 e. The Bertz CT molecular complexity index is 358. The minimum absolute atomic E-state index is 1.07. The summed E-state index contributed by atoms with van der Waals surface area (Å²) in [5.41, 5.74) is 2.78. The second-order valence-corrected chi connectivity index (χ2v) is 61.8. The lowest BCUT2D eigenvalue weighted by atomic mass is 11.7. The van der Waals surface area contributed by atoms with Crippen molar-refractivity contribution in [1.29, 1.82) is 5.26 Å². The van der Waals surface area contributed by atoms with Crippen LogP contribution in [0.5, 0.6) is 0 Å². The van der Waals surface area contributed by atoms with E-state index < -0.39 is 36.5 Å². The van der Waals surface area contributed by atoms with Crippen LogP contribution in [0.15, 0.2) is 0 Å². The van der Waals surface area contributed by atoms with Crippen LogP contribution in [0.1, 0.15) is 0 Å². The van der Waals surface area contributed by atoms with Crippen molar-refractivity contribution in [2.24, 2.45) is 0 Å². The van der Waals surface area contributed by atoms with Crippen LogP contribution in [0.25, 0.3) is 0 Å². The standard InChI is InChI=1S/C12H33NSi5/c1-14(2,3)16(6,7)18(10,11)17(8,9)15(4,5)12-13/h1-11H3. The molecule has 0 aliphatic carbocycles. The molecule has 0 aromatic rings. The van der Waals surface area contributed by atoms with Gasteiger partial charge in [-0.3, -0.25) is 0 Å². The third-order valence-corrected chi connectivity index (χ3v) is 99.6. The van der Waals surface area contributed by atoms with Gasteiger partial charge in [-0.2, -0.15) is 0 Å². The molecule has 0 N–H and O–H groups in total. The Morgan fingerprint density at radius 3 is 1.11 bits per heavy atom. The Morgan fingerprint density at radius 2 is 0.889 bits per heavy atom. The van der Waals surface area contributed by atoms with Crippen LogP contribution in [0.3, 0.4) is 0 Å². The van der Waals surface area contributed by atoms with Gasteiger partial charge in [0.2, 0.25) is 0 Å². The van der Waals surface area contributed by atoms with Crippen LogP contribution in [0.2, 0.25) is 72.0 Å². The number of rotatable bonds is 4. The monoisotopic (exact) mass is 331 g/mol. The predicted molar refractivity (Wildman–Crippen MR) is 98.9 cm³/mol. The largest absolute Gasteiger partial charge is 0.207 e. The fourth-order valence-electron chi connectivity index (χ4n) is 2.64. The molecule has 0 saturated heterocycles. The number of nitriles is 1. The van der Waals surface area contributed by atoms with Crippen molar-refractivity contribution in [2.45, 2.75) is 72.0 Å². The van der Waals surface area contributed by atoms with E-state index in [4.69, 9.17) is 0 Å². The first kappa shape index (κ1) is 18.6. The molecule has 0 heterocycles. The first-order valence-corrected chi connectivity index (χ1v) is 26.5. The molecular weight excluding hydrogens is 299 g/mol. The molecule has 0 fully saturated rings. The Balaban J connectivity index is 5.90. The van der Waals surface area contributed by atoms with Crippen molar-refractivity contribution in [3.05, 3.63) is 0 Å². The van der Waals surface area contributed by atoms with Crippen molar-refractivity contribution >= 4 is 36.5 Å². The van der Waals surface area contributed by atoms with Gasteiger partial charge >= 0.3 is 0 Å². The van der Waals surface area contributed by atoms with Crippen LogP contribution in [-0.4, -0.2) is 36.5 Å². The van der Waals surface area contributed by atoms with E-state index in [1.54, 1.807) is 0 Å². The molecule has 0 aromatic heterocycles. The summed E-state index contributed by atoms with van der Waals surface area (Å²) in [7, 11) is -6.57. The lowest BCUT2D eigenvalue weighted by Gasteiger charge is -2.56. The van der Waals surface area contributed by atoms with Crippen LogP contribution in [0.4, 0.5) is 0 Å². The topological polar surface area (TPSA) is 23.8 Å². The summed E-state index contributed by atoms with van der Waals surface area (Å²) in [6.45, 7) is 28.1. The number of nitrogens with zero attached hydrogens (tertiary/aromatic N) is 1. The number of hydrogen-bond donors (Lipinski definition) is 0. The molecule has 0 saturated carbocycles. The molecule has 0 spiro atoms. The fraction of sp³-hybridized carbons (Fsp3) is 0.917. The van der Waals surface area contributed by atoms with E-state index in [0.29, 0.717) is 0 Å². The smallest absolute Gasteiger partial charge is 0.155 e. The Morgan fingerprint density at radius 1 is 0.556 bits per heavy atom. The van der Waals surface area contributed by atoms with Crippen molar-refractivity contribution in [3.63, 3.8) is 0 Å². The molecule has 6 heteroatoms. The summed E-state index contributed by atoms with van der Waals surface area (Å²) < 4.78 is 0. The molecule has 0 radical (unpaired) electrons. The van der Waals surface area contributed by atoms with Crippen LogP contribution in [-0.2, 0) is 0 Å². The zero-order valence-electron chi connectivity index (χ0n) is 14.4. The molecule has 0 rings (SSSR count). The summed E-state index contributed by atoms with van der Waals surface area (Å²) in [6, 6.07) is 0. The quantitative estimate of drug-likeness (QED) is 0.694. The van der Waals surface area contributed by atoms with Gasteiger partial charge in [0.05, 0.1) is 7.11 Å². The van der Waals surface area contributed by atoms with Gasteiger partial charge in [-0.05, 0) is 0 Å². The molecule has 1 nitrogen and oxygen atoms in total. The maximum absolute atomic E-state index is 9.66. The van der Waals surface area contributed by atoms with Crippen molar-refractivity contribution in [2.75, 3.05) is 0 Å². The van der Waals surface area contributed by atoms with Gasteiger partial charge in [0, 0.05) is 27.5 Å². The zero-order chi connectivity index (χ0) is 15.2. The summed E-state index contributed by atoms with van der Waals surface area (Å²) >= 11 is 0. The van der Waals surface area contributed by atoms with Crippen LogP contribution >= 0.6 is 0 Å². The van der Waals surface area contributed by atoms with E-state index in [-0.39, 0.29) is 0 Å². The van der Waals surface area contributed by atoms with Gasteiger partial charge in [0.15, 0.2) is 7.59 Å². The fourth-order valence-corrected chi connectivity index (χ4v) is 108. The van der Waals surface area contributed by atoms with E-state index in [9.17, 15) is 5.26 Å². The van der Waals surface area contributed by atoms with Crippen molar-refractivity contribution in [3.8, 4) is 5.69 Å². The number of hydrogen-bond acceptors (Lipinski definition) is 1. The van der Waals surface area contributed by atoms with Crippen LogP contribution in [0, 0.1) is 11.0 Å². The molecule has 18 heavy (non-hydrogen) atoms. The second-order valence-electron chi connectivity index (χ2n) is 8.86. The van der Waals surface area contributed by atoms with E-state index in [2.05, 4.69) is 77.7 Å². The van der Waals surface area contributed by atoms with E-state index in [0.717, 1.165) is 0 Å². The molecule has 0 aliphatic heterocycles. The third-order valence-electron chi connectivity index (χ3n) is 6.84. The summed E-state index contributed by atoms with van der Waals surface area (Å²) in [5.74, 6) is 0. The maximum atomic E-state index is 9.66. The molecule has 106 valence electrons. The van der Waals surface area contributed by atoms with Gasteiger partial charge in [0.1, 0.15) is 0 Å². The molecule has 0 aromatic carbocycles. The molecule has 0 atom stereocenters. The molecule has 0 unspecified atom stereocenters. The van der Waals surface area contributed by atoms with Crippen molar-refractivity contribution in [1.82, 2.24) is 0 Å². The Kier molecular flexibility index (Phi) is 5.00. The highest BCUT2D eigenvalue weighted by Gasteiger charge is 2.62. The highest BCUT2D eigenvalue weighted by atomic mass is 29.9. The van der Waals surface area contributed by atoms with E-state index in [1.165, 1.54) is 0 Å². The third kappa shape index (κ3) is 2.57. The molecule has 0 bridgehead atoms. The zero-order valence-corrected chi connectivity index (χ0v) is 19.4. The first-order chi connectivity index (χ1) is 7.56. The Labute approximate surface area is 119 Å². The van der Waals surface area contributed by atoms with Crippen LogP contribution < -0.4 is 0 Å². The minimum atomic E-state index is -1.67. The summed E-state index contributed by atoms with van der Waals surface area (Å²) in [6.07, 6.45) is 0. The summed E-state index contributed by atoms with van der Waals surface area (Å²) in [4.78, 5) is 0. The van der Waals surface area contributed by atoms with Gasteiger partial charge in [-0.25, -0.2) is 5.26 Å². The second kappa shape index (κ2) is 4.84. The Hall–Kier alpha value is 0.574. The van der Waals surface area contributed by atoms with Crippen molar-refractivity contribution < 1.29 is 0 Å². The molecule has 0 amide bonds. The van der Waals surface area contributed by atoms with Gasteiger partial charge in [-0.15, -0.1) is 0 Å². The highest BCUT2D eigenvalue weighted by molar-refractivity contribution is 7.92. The lowest BCUT2D eigenvalue weighted by molar-refractivity contribution is 1.54. The SMILES string of the molecule is C[Si](C)(C)[Si](C)(C)[Si](C)(C)[Si](C)(C)[Si](C)(C)C#N. The van der Waals surface area contributed by atoms with Gasteiger partial charge < -0.3 is 0 Å². The van der Waals surface area contributed by atoms with E-state index in [1.807, 2.05) is 0 Å². The lowest BCUT2D eigenvalue weighted by Crippen LogP contribution is -2.83. The summed E-state index contributed by atoms with van der Waals surface area (Å²) in [5, 5.41) is 9.66. The maximum Gasteiger partial charge on any atom is 0.155 e. The van der Waals surface area contributed by atoms with Gasteiger partial charge in [-0.1, -0.05) is 72.0 Å². The first-order valence-electron chi connectivity index (χ1n) is 6.97. The van der Waals surface area contributed by atoms with Gasteiger partial charge in [0.25, 0.3) is 0 Å². The average molecular weight is 332 g/mol. The van der Waals surface area contributed by atoms with E-state index >= 15 is 0 Å². The molecular formula is C12H33NSi5. The highest BCUT2D eigenvalue weighted by Crippen LogP contribution is 2.38.